The van der Waals surface area contributed by atoms with Gasteiger partial charge in [-0.2, -0.15) is 5.10 Å². The van der Waals surface area contributed by atoms with Crippen LogP contribution in [-0.4, -0.2) is 41.2 Å². The van der Waals surface area contributed by atoms with Gasteiger partial charge < -0.3 is 10.1 Å². The van der Waals surface area contributed by atoms with E-state index in [4.69, 9.17) is 4.74 Å². The summed E-state index contributed by atoms with van der Waals surface area (Å²) in [5, 5.41) is 10.0. The minimum Gasteiger partial charge on any atom is -0.378 e. The summed E-state index contributed by atoms with van der Waals surface area (Å²) < 4.78 is 5.03. The van der Waals surface area contributed by atoms with Crippen LogP contribution in [0.1, 0.15) is 22.5 Å². The van der Waals surface area contributed by atoms with Crippen molar-refractivity contribution in [1.29, 1.82) is 0 Å². The zero-order valence-corrected chi connectivity index (χ0v) is 13.5. The largest absolute Gasteiger partial charge is 0.378 e. The highest BCUT2D eigenvalue weighted by atomic mass is 16.5. The maximum atomic E-state index is 12.5. The maximum absolute atomic E-state index is 12.5. The number of hydrogen-bond donors (Lipinski definition) is 2. The summed E-state index contributed by atoms with van der Waals surface area (Å²) in [5.41, 5.74) is 4.27. The van der Waals surface area contributed by atoms with Crippen LogP contribution in [0.3, 0.4) is 0 Å². The summed E-state index contributed by atoms with van der Waals surface area (Å²) in [6.45, 7) is 1.71. The Morgan fingerprint density at radius 2 is 2.22 bits per heavy atom. The topological polar surface area (TPSA) is 70.2 Å². The zero-order chi connectivity index (χ0) is 16.2. The fourth-order valence-electron chi connectivity index (χ4n) is 2.97. The molecule has 2 N–H and O–H groups in total. The van der Waals surface area contributed by atoms with Gasteiger partial charge in [0.05, 0.1) is 30.6 Å². The number of carbonyl (C=O) groups is 1. The Kier molecular flexibility index (Phi) is 4.73. The first-order valence-corrected chi connectivity index (χ1v) is 7.74. The number of aromatic nitrogens is 2. The summed E-state index contributed by atoms with van der Waals surface area (Å²) in [4.78, 5) is 14.6. The zero-order valence-electron chi connectivity index (χ0n) is 13.5. The minimum absolute atomic E-state index is 0.0462. The first-order chi connectivity index (χ1) is 11.2. The van der Waals surface area contributed by atoms with E-state index in [0.29, 0.717) is 13.2 Å². The second kappa shape index (κ2) is 6.93. The molecule has 0 bridgehead atoms. The molecule has 0 saturated heterocycles. The average molecular weight is 314 g/mol. The third-order valence-corrected chi connectivity index (χ3v) is 4.22. The van der Waals surface area contributed by atoms with Crippen LogP contribution in [0.5, 0.6) is 0 Å². The predicted octanol–water partition coefficient (Wildman–Crippen LogP) is 1.23. The molecule has 0 fully saturated rings. The lowest BCUT2D eigenvalue weighted by atomic mass is 9.94. The van der Waals surface area contributed by atoms with Gasteiger partial charge in [0, 0.05) is 13.7 Å². The second-order valence-electron chi connectivity index (χ2n) is 5.94. The number of likely N-dealkylation sites (N-methyl/N-ethyl adjacent to an activating group) is 1. The predicted molar refractivity (Wildman–Crippen MR) is 86.5 cm³/mol. The number of amides is 1. The quantitative estimate of drug-likeness (QED) is 0.871. The SMILES string of the molecule is COCc1cc(CNC(=O)C2Cc3ccccc3CN2C)[nH]n1. The van der Waals surface area contributed by atoms with Crippen molar-refractivity contribution in [2.75, 3.05) is 14.2 Å². The normalized spacial score (nSPS) is 17.7. The van der Waals surface area contributed by atoms with Crippen LogP contribution in [0.2, 0.25) is 0 Å². The number of benzene rings is 1. The molecule has 1 atom stereocenters. The van der Waals surface area contributed by atoms with Crippen molar-refractivity contribution < 1.29 is 9.53 Å². The molecule has 6 heteroatoms. The molecule has 2 aromatic rings. The number of nitrogens with one attached hydrogen (secondary N) is 2. The van der Waals surface area contributed by atoms with E-state index in [0.717, 1.165) is 24.4 Å². The Morgan fingerprint density at radius 3 is 3.00 bits per heavy atom. The molecule has 0 aliphatic carbocycles. The first-order valence-electron chi connectivity index (χ1n) is 7.74. The first kappa shape index (κ1) is 15.7. The van der Waals surface area contributed by atoms with Gasteiger partial charge in [-0.15, -0.1) is 0 Å². The molecule has 23 heavy (non-hydrogen) atoms. The molecule has 0 spiro atoms. The lowest BCUT2D eigenvalue weighted by Crippen LogP contribution is -2.48. The molecule has 122 valence electrons. The van der Waals surface area contributed by atoms with Gasteiger partial charge >= 0.3 is 0 Å². The molecule has 1 aromatic heterocycles. The Hall–Kier alpha value is -2.18. The number of fused-ring (bicyclic) bond motifs is 1. The van der Waals surface area contributed by atoms with Crippen LogP contribution < -0.4 is 5.32 Å². The van der Waals surface area contributed by atoms with Crippen molar-refractivity contribution in [2.24, 2.45) is 0 Å². The van der Waals surface area contributed by atoms with Gasteiger partial charge in [0.2, 0.25) is 5.91 Å². The van der Waals surface area contributed by atoms with E-state index in [1.54, 1.807) is 7.11 Å². The molecule has 0 radical (unpaired) electrons. The minimum atomic E-state index is -0.133. The van der Waals surface area contributed by atoms with E-state index in [1.807, 2.05) is 25.2 Å². The number of H-pyrrole nitrogens is 1. The van der Waals surface area contributed by atoms with Crippen molar-refractivity contribution in [3.05, 3.63) is 52.8 Å². The van der Waals surface area contributed by atoms with Crippen LogP contribution in [0.4, 0.5) is 0 Å². The number of methoxy groups -OCH3 is 1. The molecule has 2 heterocycles. The van der Waals surface area contributed by atoms with Gasteiger partial charge in [0.25, 0.3) is 0 Å². The molecular formula is C17H22N4O2. The number of aromatic amines is 1. The van der Waals surface area contributed by atoms with Gasteiger partial charge in [0.15, 0.2) is 0 Å². The highest BCUT2D eigenvalue weighted by Gasteiger charge is 2.28. The van der Waals surface area contributed by atoms with Gasteiger partial charge in [-0.25, -0.2) is 0 Å². The standard InChI is InChI=1S/C17H22N4O2/c1-21-10-13-6-4-3-5-12(13)7-16(21)17(22)18-9-14-8-15(11-23-2)20-19-14/h3-6,8,16H,7,9-11H2,1-2H3,(H,18,22)(H,19,20). The fourth-order valence-corrected chi connectivity index (χ4v) is 2.97. The summed E-state index contributed by atoms with van der Waals surface area (Å²) in [6, 6.07) is 10.1. The Labute approximate surface area is 135 Å². The van der Waals surface area contributed by atoms with Gasteiger partial charge in [-0.05, 0) is 30.7 Å². The highest BCUT2D eigenvalue weighted by Crippen LogP contribution is 2.22. The average Bonchev–Trinajstić information content (AvgIpc) is 3.00. The molecule has 0 saturated carbocycles. The van der Waals surface area contributed by atoms with E-state index < -0.39 is 0 Å². The van der Waals surface area contributed by atoms with Crippen molar-refractivity contribution in [1.82, 2.24) is 20.4 Å². The Bertz CT molecular complexity index is 683. The van der Waals surface area contributed by atoms with Gasteiger partial charge in [0.1, 0.15) is 0 Å². The maximum Gasteiger partial charge on any atom is 0.238 e. The summed E-state index contributed by atoms with van der Waals surface area (Å²) in [6.07, 6.45) is 0.746. The second-order valence-corrected chi connectivity index (χ2v) is 5.94. The van der Waals surface area contributed by atoms with Crippen molar-refractivity contribution in [2.45, 2.75) is 32.2 Å². The van der Waals surface area contributed by atoms with Gasteiger partial charge in [-0.1, -0.05) is 24.3 Å². The molecule has 6 nitrogen and oxygen atoms in total. The van der Waals surface area contributed by atoms with Crippen molar-refractivity contribution in [3.63, 3.8) is 0 Å². The molecule has 1 aliphatic rings. The van der Waals surface area contributed by atoms with Crippen LogP contribution in [0, 0.1) is 0 Å². The summed E-state index contributed by atoms with van der Waals surface area (Å²) in [5.74, 6) is 0.0462. The fraction of sp³-hybridized carbons (Fsp3) is 0.412. The van der Waals surface area contributed by atoms with E-state index in [2.05, 4.69) is 32.5 Å². The van der Waals surface area contributed by atoms with E-state index >= 15 is 0 Å². The molecule has 3 rings (SSSR count). The molecular weight excluding hydrogens is 292 g/mol. The van der Waals surface area contributed by atoms with E-state index in [9.17, 15) is 4.79 Å². The number of rotatable bonds is 5. The smallest absolute Gasteiger partial charge is 0.238 e. The lowest BCUT2D eigenvalue weighted by Gasteiger charge is -2.32. The van der Waals surface area contributed by atoms with Crippen LogP contribution >= 0.6 is 0 Å². The van der Waals surface area contributed by atoms with Gasteiger partial charge in [-0.3, -0.25) is 14.8 Å². The van der Waals surface area contributed by atoms with Crippen LogP contribution in [0.25, 0.3) is 0 Å². The molecule has 1 aromatic carbocycles. The molecule has 1 amide bonds. The van der Waals surface area contributed by atoms with E-state index in [1.165, 1.54) is 11.1 Å². The van der Waals surface area contributed by atoms with Crippen molar-refractivity contribution >= 4 is 5.91 Å². The molecule has 1 unspecified atom stereocenters. The summed E-state index contributed by atoms with van der Waals surface area (Å²) >= 11 is 0. The number of hydrogen-bond acceptors (Lipinski definition) is 4. The lowest BCUT2D eigenvalue weighted by molar-refractivity contribution is -0.126. The third kappa shape index (κ3) is 3.60. The number of carbonyl (C=O) groups excluding carboxylic acids is 1. The third-order valence-electron chi connectivity index (χ3n) is 4.22. The Balaban J connectivity index is 1.59. The number of ether oxygens (including phenoxy) is 1. The molecule has 1 aliphatic heterocycles. The monoisotopic (exact) mass is 314 g/mol. The highest BCUT2D eigenvalue weighted by molar-refractivity contribution is 5.82. The summed E-state index contributed by atoms with van der Waals surface area (Å²) in [7, 11) is 3.62. The number of nitrogens with zero attached hydrogens (tertiary/aromatic N) is 2. The Morgan fingerprint density at radius 1 is 1.43 bits per heavy atom. The van der Waals surface area contributed by atoms with Crippen LogP contribution in [-0.2, 0) is 35.6 Å². The van der Waals surface area contributed by atoms with Crippen LogP contribution in [0.15, 0.2) is 30.3 Å². The van der Waals surface area contributed by atoms with Crippen molar-refractivity contribution in [3.8, 4) is 0 Å². The van der Waals surface area contributed by atoms with E-state index in [-0.39, 0.29) is 11.9 Å².